The summed E-state index contributed by atoms with van der Waals surface area (Å²) in [6.45, 7) is 3.53. The minimum atomic E-state index is 0.641. The van der Waals surface area contributed by atoms with E-state index in [9.17, 15) is 0 Å². The van der Waals surface area contributed by atoms with Crippen LogP contribution in [0.25, 0.3) is 10.9 Å². The molecule has 0 saturated carbocycles. The third-order valence-electron chi connectivity index (χ3n) is 6.55. The van der Waals surface area contributed by atoms with E-state index in [1.54, 1.807) is 0 Å². The average Bonchev–Trinajstić information content (AvgIpc) is 3.26. The number of hydrogen-bond donors (Lipinski definition) is 2. The van der Waals surface area contributed by atoms with Crippen molar-refractivity contribution in [2.75, 3.05) is 25.4 Å². The normalized spacial score (nSPS) is 21.0. The Bertz CT molecular complexity index is 969. The van der Waals surface area contributed by atoms with Crippen molar-refractivity contribution in [3.05, 3.63) is 64.3 Å². The van der Waals surface area contributed by atoms with Crippen molar-refractivity contribution >= 4 is 28.2 Å². The van der Waals surface area contributed by atoms with E-state index >= 15 is 0 Å². The number of anilines is 1. The number of aromatic nitrogens is 1. The molecule has 3 aromatic rings. The fourth-order valence-electron chi connectivity index (χ4n) is 5.09. The monoisotopic (exact) mass is 379 g/mol. The largest absolute Gasteiger partial charge is 0.399 e. The molecule has 1 fully saturated rings. The second kappa shape index (κ2) is 6.88. The van der Waals surface area contributed by atoms with E-state index in [0.29, 0.717) is 11.8 Å². The Morgan fingerprint density at radius 1 is 1.04 bits per heavy atom. The van der Waals surface area contributed by atoms with Gasteiger partial charge in [-0.3, -0.25) is 0 Å². The summed E-state index contributed by atoms with van der Waals surface area (Å²) in [7, 11) is 0. The third kappa shape index (κ3) is 3.24. The maximum absolute atomic E-state index is 6.12. The lowest BCUT2D eigenvalue weighted by molar-refractivity contribution is 0.200. The molecule has 4 heteroatoms. The molecule has 140 valence electrons. The molecule has 1 unspecified atom stereocenters. The minimum Gasteiger partial charge on any atom is -0.399 e. The molecule has 0 bridgehead atoms. The van der Waals surface area contributed by atoms with Crippen LogP contribution in [0.3, 0.4) is 0 Å². The number of nitrogens with one attached hydrogen (secondary N) is 1. The number of rotatable bonds is 3. The van der Waals surface area contributed by atoms with Crippen molar-refractivity contribution in [3.63, 3.8) is 0 Å². The van der Waals surface area contributed by atoms with E-state index in [2.05, 4.69) is 34.3 Å². The molecular weight excluding hydrogens is 354 g/mol. The molecular formula is C23H26ClN3. The second-order valence-electron chi connectivity index (χ2n) is 8.20. The molecule has 0 radical (unpaired) electrons. The lowest BCUT2D eigenvalue weighted by Gasteiger charge is -2.33. The average molecular weight is 380 g/mol. The van der Waals surface area contributed by atoms with Crippen LogP contribution in [0, 0.1) is 0 Å². The van der Waals surface area contributed by atoms with Crippen LogP contribution in [-0.2, 0) is 6.42 Å². The summed E-state index contributed by atoms with van der Waals surface area (Å²) in [6.07, 6.45) is 7.12. The first-order chi connectivity index (χ1) is 13.2. The predicted molar refractivity (Wildman–Crippen MR) is 114 cm³/mol. The summed E-state index contributed by atoms with van der Waals surface area (Å²) >= 11 is 6.12. The fraction of sp³-hybridized carbons (Fsp3) is 0.391. The number of nitrogen functional groups attached to an aromatic ring is 1. The summed E-state index contributed by atoms with van der Waals surface area (Å²) in [5.74, 6) is 1.29. The summed E-state index contributed by atoms with van der Waals surface area (Å²) < 4.78 is 0. The fourth-order valence-corrected chi connectivity index (χ4v) is 5.26. The van der Waals surface area contributed by atoms with Crippen molar-refractivity contribution < 1.29 is 0 Å². The summed E-state index contributed by atoms with van der Waals surface area (Å²) in [5.41, 5.74) is 12.5. The van der Waals surface area contributed by atoms with Crippen LogP contribution < -0.4 is 5.73 Å². The molecule has 3 nitrogen and oxygen atoms in total. The Morgan fingerprint density at radius 3 is 2.74 bits per heavy atom. The number of halogens is 1. The van der Waals surface area contributed by atoms with Gasteiger partial charge in [0.1, 0.15) is 0 Å². The molecule has 27 heavy (non-hydrogen) atoms. The SMILES string of the molecule is Nc1ccc2c(c1)C(CN1CCC(c3c[nH]c4cc(Cl)ccc34)CC1)CC2. The zero-order valence-corrected chi connectivity index (χ0v) is 16.3. The van der Waals surface area contributed by atoms with Crippen molar-refractivity contribution in [2.24, 2.45) is 0 Å². The highest BCUT2D eigenvalue weighted by Gasteiger charge is 2.28. The molecule has 3 N–H and O–H groups in total. The maximum Gasteiger partial charge on any atom is 0.0471 e. The smallest absolute Gasteiger partial charge is 0.0471 e. The summed E-state index contributed by atoms with van der Waals surface area (Å²) in [4.78, 5) is 6.06. The predicted octanol–water partition coefficient (Wildman–Crippen LogP) is 5.31. The maximum atomic E-state index is 6.12. The Morgan fingerprint density at radius 2 is 1.89 bits per heavy atom. The van der Waals surface area contributed by atoms with Crippen LogP contribution in [0.1, 0.15) is 47.8 Å². The topological polar surface area (TPSA) is 45.0 Å². The molecule has 1 saturated heterocycles. The number of piperidine rings is 1. The summed E-state index contributed by atoms with van der Waals surface area (Å²) in [5, 5.41) is 2.13. The highest BCUT2D eigenvalue weighted by Crippen LogP contribution is 2.37. The van der Waals surface area contributed by atoms with Crippen molar-refractivity contribution in [1.82, 2.24) is 9.88 Å². The van der Waals surface area contributed by atoms with Gasteiger partial charge in [0.15, 0.2) is 0 Å². The standard InChI is InChI=1S/C23H26ClN3/c24-18-4-6-20-22(13-26-23(20)11-18)16-7-9-27(10-8-16)14-17-2-1-15-3-5-19(25)12-21(15)17/h3-6,11-13,16-17,26H,1-2,7-10,14,25H2. The molecule has 1 atom stereocenters. The molecule has 2 aromatic carbocycles. The van der Waals surface area contributed by atoms with Crippen LogP contribution >= 0.6 is 11.6 Å². The second-order valence-corrected chi connectivity index (χ2v) is 8.64. The van der Waals surface area contributed by atoms with Crippen LogP contribution in [0.5, 0.6) is 0 Å². The number of hydrogen-bond acceptors (Lipinski definition) is 2. The Kier molecular flexibility index (Phi) is 4.37. The van der Waals surface area contributed by atoms with Gasteiger partial charge >= 0.3 is 0 Å². The van der Waals surface area contributed by atoms with E-state index in [0.717, 1.165) is 16.2 Å². The van der Waals surface area contributed by atoms with Gasteiger partial charge in [-0.1, -0.05) is 23.7 Å². The van der Waals surface area contributed by atoms with Crippen LogP contribution in [-0.4, -0.2) is 29.5 Å². The molecule has 2 aliphatic rings. The van der Waals surface area contributed by atoms with Gasteiger partial charge in [0, 0.05) is 34.4 Å². The first kappa shape index (κ1) is 17.2. The van der Waals surface area contributed by atoms with Gasteiger partial charge in [-0.25, -0.2) is 0 Å². The molecule has 1 aliphatic carbocycles. The van der Waals surface area contributed by atoms with Gasteiger partial charge in [0.25, 0.3) is 0 Å². The highest BCUT2D eigenvalue weighted by molar-refractivity contribution is 6.31. The number of aryl methyl sites for hydroxylation is 1. The Balaban J connectivity index is 1.25. The lowest BCUT2D eigenvalue weighted by Crippen LogP contribution is -2.35. The van der Waals surface area contributed by atoms with E-state index in [1.807, 2.05) is 18.2 Å². The Hall–Kier alpha value is -1.97. The van der Waals surface area contributed by atoms with Gasteiger partial charge in [0.05, 0.1) is 0 Å². The molecule has 1 aromatic heterocycles. The number of H-pyrrole nitrogens is 1. The van der Waals surface area contributed by atoms with E-state index in [4.69, 9.17) is 17.3 Å². The van der Waals surface area contributed by atoms with Crippen LogP contribution in [0.2, 0.25) is 5.02 Å². The summed E-state index contributed by atoms with van der Waals surface area (Å²) in [6, 6.07) is 12.7. The number of aromatic amines is 1. The van der Waals surface area contributed by atoms with Crippen molar-refractivity contribution in [3.8, 4) is 0 Å². The number of benzene rings is 2. The van der Waals surface area contributed by atoms with Crippen molar-refractivity contribution in [2.45, 2.75) is 37.5 Å². The quantitative estimate of drug-likeness (QED) is 0.605. The van der Waals surface area contributed by atoms with Crippen LogP contribution in [0.15, 0.2) is 42.6 Å². The van der Waals surface area contributed by atoms with Gasteiger partial charge in [-0.2, -0.15) is 0 Å². The lowest BCUT2D eigenvalue weighted by atomic mass is 9.88. The van der Waals surface area contributed by atoms with Crippen LogP contribution in [0.4, 0.5) is 5.69 Å². The van der Waals surface area contributed by atoms with Gasteiger partial charge in [-0.05, 0) is 91.6 Å². The Labute approximate surface area is 165 Å². The molecule has 0 spiro atoms. The van der Waals surface area contributed by atoms with Gasteiger partial charge < -0.3 is 15.6 Å². The van der Waals surface area contributed by atoms with Gasteiger partial charge in [0.2, 0.25) is 0 Å². The molecule has 0 amide bonds. The zero-order valence-electron chi connectivity index (χ0n) is 15.5. The van der Waals surface area contributed by atoms with Gasteiger partial charge in [-0.15, -0.1) is 0 Å². The minimum absolute atomic E-state index is 0.641. The first-order valence-electron chi connectivity index (χ1n) is 10.0. The number of likely N-dealkylation sites (tertiary alicyclic amines) is 1. The molecule has 5 rings (SSSR count). The third-order valence-corrected chi connectivity index (χ3v) is 6.79. The van der Waals surface area contributed by atoms with Crippen molar-refractivity contribution in [1.29, 1.82) is 0 Å². The number of nitrogens with two attached hydrogens (primary N) is 1. The number of nitrogens with zero attached hydrogens (tertiary/aromatic N) is 1. The molecule has 1 aliphatic heterocycles. The van der Waals surface area contributed by atoms with E-state index < -0.39 is 0 Å². The first-order valence-corrected chi connectivity index (χ1v) is 10.4. The number of fused-ring (bicyclic) bond motifs is 2. The zero-order chi connectivity index (χ0) is 18.4. The van der Waals surface area contributed by atoms with E-state index in [-0.39, 0.29) is 0 Å². The molecule has 2 heterocycles. The van der Waals surface area contributed by atoms with E-state index in [1.165, 1.54) is 67.4 Å². The highest BCUT2D eigenvalue weighted by atomic mass is 35.5.